The smallest absolute Gasteiger partial charge is 0.322 e. The minimum atomic E-state index is -0.975. The molecule has 1 fully saturated rings. The Kier molecular flexibility index (Phi) is 6.02. The van der Waals surface area contributed by atoms with Crippen LogP contribution in [0.25, 0.3) is 10.9 Å². The molecule has 34 heavy (non-hydrogen) atoms. The number of aromatic amines is 1. The predicted octanol–water partition coefficient (Wildman–Crippen LogP) is 4.36. The maximum atomic E-state index is 14.0. The molecule has 2 aliphatic heterocycles. The summed E-state index contributed by atoms with van der Waals surface area (Å²) < 4.78 is 11.6. The average molecular weight is 462 g/mol. The number of benzene rings is 2. The van der Waals surface area contributed by atoms with Gasteiger partial charge in [0.2, 0.25) is 0 Å². The van der Waals surface area contributed by atoms with Gasteiger partial charge >= 0.3 is 5.97 Å². The van der Waals surface area contributed by atoms with Gasteiger partial charge in [-0.15, -0.1) is 0 Å². The van der Waals surface area contributed by atoms with Crippen molar-refractivity contribution in [2.75, 3.05) is 52.8 Å². The SMILES string of the molecule is COC(=O)[C@]1(c2ccc(N(C)C)cc2OC)C[C@@H]2CCCN(CCc3c1[nH]c1ccccc31)C2. The summed E-state index contributed by atoms with van der Waals surface area (Å²) in [6.45, 7) is 3.14. The topological polar surface area (TPSA) is 57.8 Å². The predicted molar refractivity (Wildman–Crippen MR) is 136 cm³/mol. The number of aromatic nitrogens is 1. The lowest BCUT2D eigenvalue weighted by atomic mass is 9.68. The maximum Gasteiger partial charge on any atom is 0.322 e. The summed E-state index contributed by atoms with van der Waals surface area (Å²) in [5, 5.41) is 1.19. The largest absolute Gasteiger partial charge is 0.496 e. The van der Waals surface area contributed by atoms with Crippen LogP contribution in [0.15, 0.2) is 42.5 Å². The molecule has 0 radical (unpaired) electrons. The number of rotatable bonds is 4. The van der Waals surface area contributed by atoms with E-state index in [9.17, 15) is 4.79 Å². The highest BCUT2D eigenvalue weighted by molar-refractivity contribution is 5.93. The van der Waals surface area contributed by atoms with Crippen LogP contribution in [0, 0.1) is 5.92 Å². The van der Waals surface area contributed by atoms with Gasteiger partial charge in [0.05, 0.1) is 14.2 Å². The minimum Gasteiger partial charge on any atom is -0.496 e. The first-order valence-corrected chi connectivity index (χ1v) is 12.2. The van der Waals surface area contributed by atoms with Gasteiger partial charge in [-0.25, -0.2) is 0 Å². The Bertz CT molecular complexity index is 1200. The van der Waals surface area contributed by atoms with Gasteiger partial charge in [-0.3, -0.25) is 4.79 Å². The van der Waals surface area contributed by atoms with Crippen molar-refractivity contribution in [3.8, 4) is 5.75 Å². The number of nitrogens with zero attached hydrogens (tertiary/aromatic N) is 2. The number of esters is 1. The van der Waals surface area contributed by atoms with Crippen LogP contribution >= 0.6 is 0 Å². The van der Waals surface area contributed by atoms with Crippen molar-refractivity contribution < 1.29 is 14.3 Å². The number of fused-ring (bicyclic) bond motifs is 5. The van der Waals surface area contributed by atoms with Gasteiger partial charge in [0.1, 0.15) is 11.2 Å². The lowest BCUT2D eigenvalue weighted by Gasteiger charge is -2.38. The number of carbonyl (C=O) groups is 1. The molecule has 6 heteroatoms. The Labute approximate surface area is 201 Å². The van der Waals surface area contributed by atoms with Crippen molar-refractivity contribution in [2.45, 2.75) is 31.1 Å². The zero-order valence-corrected chi connectivity index (χ0v) is 20.7. The van der Waals surface area contributed by atoms with Crippen molar-refractivity contribution in [2.24, 2.45) is 5.92 Å². The Morgan fingerprint density at radius 2 is 1.97 bits per heavy atom. The highest BCUT2D eigenvalue weighted by Crippen LogP contribution is 2.48. The van der Waals surface area contributed by atoms with E-state index in [1.54, 1.807) is 7.11 Å². The average Bonchev–Trinajstić information content (AvgIpc) is 3.25. The summed E-state index contributed by atoms with van der Waals surface area (Å²) in [6, 6.07) is 14.6. The van der Waals surface area contributed by atoms with Crippen molar-refractivity contribution >= 4 is 22.6 Å². The lowest BCUT2D eigenvalue weighted by molar-refractivity contribution is -0.147. The quantitative estimate of drug-likeness (QED) is 0.585. The highest BCUT2D eigenvalue weighted by atomic mass is 16.5. The number of H-pyrrole nitrogens is 1. The van der Waals surface area contributed by atoms with Gasteiger partial charge in [-0.1, -0.05) is 24.3 Å². The van der Waals surface area contributed by atoms with Crippen LogP contribution in [0.2, 0.25) is 0 Å². The summed E-state index contributed by atoms with van der Waals surface area (Å²) >= 11 is 0. The second-order valence-corrected chi connectivity index (χ2v) is 9.96. The van der Waals surface area contributed by atoms with Crippen molar-refractivity contribution in [3.05, 3.63) is 59.3 Å². The minimum absolute atomic E-state index is 0.227. The van der Waals surface area contributed by atoms with Crippen LogP contribution in [-0.4, -0.2) is 63.8 Å². The van der Waals surface area contributed by atoms with Crippen LogP contribution in [0.5, 0.6) is 5.75 Å². The molecule has 3 heterocycles. The highest BCUT2D eigenvalue weighted by Gasteiger charge is 2.50. The van der Waals surface area contributed by atoms with E-state index in [1.807, 2.05) is 31.1 Å². The van der Waals surface area contributed by atoms with Crippen LogP contribution < -0.4 is 9.64 Å². The molecule has 0 amide bonds. The monoisotopic (exact) mass is 461 g/mol. The maximum absolute atomic E-state index is 14.0. The van der Waals surface area contributed by atoms with E-state index >= 15 is 0 Å². The van der Waals surface area contributed by atoms with Gasteiger partial charge in [-0.05, 0) is 55.8 Å². The van der Waals surface area contributed by atoms with Crippen LogP contribution in [0.1, 0.15) is 36.1 Å². The third-order valence-corrected chi connectivity index (χ3v) is 7.81. The Balaban J connectivity index is 1.83. The number of hydrogen-bond donors (Lipinski definition) is 1. The summed E-state index contributed by atoms with van der Waals surface area (Å²) in [5.74, 6) is 0.881. The fourth-order valence-corrected chi connectivity index (χ4v) is 6.17. The van der Waals surface area contributed by atoms with E-state index in [2.05, 4.69) is 40.2 Å². The third-order valence-electron chi connectivity index (χ3n) is 7.81. The number of nitrogens with one attached hydrogen (secondary N) is 1. The van der Waals surface area contributed by atoms with E-state index in [1.165, 1.54) is 18.1 Å². The van der Waals surface area contributed by atoms with Crippen molar-refractivity contribution in [1.29, 1.82) is 0 Å². The molecule has 1 aromatic heterocycles. The fourth-order valence-electron chi connectivity index (χ4n) is 6.17. The number of piperidine rings is 1. The zero-order valence-electron chi connectivity index (χ0n) is 20.7. The summed E-state index contributed by atoms with van der Waals surface area (Å²) in [5.41, 5.74) is 4.17. The van der Waals surface area contributed by atoms with Gasteiger partial charge in [0.25, 0.3) is 0 Å². The molecule has 1 unspecified atom stereocenters. The molecule has 5 rings (SSSR count). The Hall–Kier alpha value is -2.99. The molecule has 2 aromatic carbocycles. The van der Waals surface area contributed by atoms with E-state index in [4.69, 9.17) is 9.47 Å². The van der Waals surface area contributed by atoms with Gasteiger partial charge in [0.15, 0.2) is 0 Å². The molecule has 2 bridgehead atoms. The Morgan fingerprint density at radius 1 is 1.15 bits per heavy atom. The molecule has 3 atom stereocenters. The van der Waals surface area contributed by atoms with Crippen LogP contribution in [-0.2, 0) is 21.4 Å². The molecule has 0 saturated carbocycles. The second kappa shape index (κ2) is 8.99. The number of para-hydroxylation sites is 1. The molecular formula is C28H35N3O3. The van der Waals surface area contributed by atoms with E-state index in [-0.39, 0.29) is 5.97 Å². The second-order valence-electron chi connectivity index (χ2n) is 9.96. The molecule has 6 nitrogen and oxygen atoms in total. The molecule has 1 saturated heterocycles. The normalized spacial score (nSPS) is 24.5. The standard InChI is InChI=1S/C28H35N3O3/c1-30(2)20-11-12-23(25(16-20)33-3)28(27(32)34-4)17-19-8-7-14-31(18-19)15-13-22-21-9-5-6-10-24(21)29-26(22)28/h5-6,9-12,16,19,29H,7-8,13-15,17-18H2,1-4H3/t19-,28-/m0/s1. The third kappa shape index (κ3) is 3.65. The molecule has 0 spiro atoms. The summed E-state index contributed by atoms with van der Waals surface area (Å²) in [7, 11) is 7.22. The first-order chi connectivity index (χ1) is 16.5. The number of hydrogen-bond acceptors (Lipinski definition) is 5. The number of methoxy groups -OCH3 is 2. The van der Waals surface area contributed by atoms with E-state index in [0.29, 0.717) is 18.1 Å². The fraction of sp³-hybridized carbons (Fsp3) is 0.464. The molecule has 180 valence electrons. The lowest BCUT2D eigenvalue weighted by Crippen LogP contribution is -2.44. The van der Waals surface area contributed by atoms with Gasteiger partial charge in [-0.2, -0.15) is 0 Å². The molecule has 2 aliphatic rings. The molecule has 1 N–H and O–H groups in total. The van der Waals surface area contributed by atoms with Crippen molar-refractivity contribution in [3.63, 3.8) is 0 Å². The number of carbonyl (C=O) groups excluding carboxylic acids is 1. The van der Waals surface area contributed by atoms with Crippen molar-refractivity contribution in [1.82, 2.24) is 9.88 Å². The molecule has 0 aliphatic carbocycles. The molecule has 3 aromatic rings. The number of anilines is 1. The van der Waals surface area contributed by atoms with E-state index < -0.39 is 5.41 Å². The first kappa shape index (κ1) is 22.8. The van der Waals surface area contributed by atoms with Gasteiger partial charge in [0, 0.05) is 61.1 Å². The number of ether oxygens (including phenoxy) is 2. The van der Waals surface area contributed by atoms with Gasteiger partial charge < -0.3 is 24.3 Å². The van der Waals surface area contributed by atoms with E-state index in [0.717, 1.165) is 61.4 Å². The first-order valence-electron chi connectivity index (χ1n) is 12.2. The van der Waals surface area contributed by atoms with Crippen LogP contribution in [0.4, 0.5) is 5.69 Å². The zero-order chi connectivity index (χ0) is 23.9. The molecular weight excluding hydrogens is 426 g/mol. The Morgan fingerprint density at radius 3 is 2.74 bits per heavy atom. The summed E-state index contributed by atoms with van der Waals surface area (Å²) in [6.07, 6.45) is 3.85. The van der Waals surface area contributed by atoms with Crippen LogP contribution in [0.3, 0.4) is 0 Å². The summed E-state index contributed by atoms with van der Waals surface area (Å²) in [4.78, 5) is 22.3.